The molecule has 3 aromatic rings. The van der Waals surface area contributed by atoms with E-state index in [1.165, 1.54) is 20.4 Å². The largest absolute Gasteiger partial charge is 0.493 e. The van der Waals surface area contributed by atoms with Crippen LogP contribution in [0.5, 0.6) is 11.5 Å². The summed E-state index contributed by atoms with van der Waals surface area (Å²) in [6.45, 7) is 1.86. The minimum atomic E-state index is -3.33. The Bertz CT molecular complexity index is 1330. The smallest absolute Gasteiger partial charge is 0.235 e. The van der Waals surface area contributed by atoms with Gasteiger partial charge in [-0.1, -0.05) is 23.2 Å². The number of halogens is 2. The van der Waals surface area contributed by atoms with Gasteiger partial charge in [-0.15, -0.1) is 0 Å². The van der Waals surface area contributed by atoms with Gasteiger partial charge in [0.1, 0.15) is 5.02 Å². The Morgan fingerprint density at radius 1 is 1.00 bits per heavy atom. The first kappa shape index (κ1) is 24.2. The molecule has 0 radical (unpaired) electrons. The van der Waals surface area contributed by atoms with Crippen molar-refractivity contribution < 1.29 is 17.9 Å². The van der Waals surface area contributed by atoms with Gasteiger partial charge in [-0.25, -0.2) is 13.4 Å². The van der Waals surface area contributed by atoms with Crippen LogP contribution in [0.25, 0.3) is 0 Å². The van der Waals surface area contributed by atoms with Crippen molar-refractivity contribution in [3.05, 3.63) is 52.1 Å². The molecule has 0 amide bonds. The zero-order valence-corrected chi connectivity index (χ0v) is 21.0. The third-order valence-corrected chi connectivity index (χ3v) is 7.56. The number of nitrogens with one attached hydrogen (secondary N) is 3. The first-order chi connectivity index (χ1) is 16.2. The predicted molar refractivity (Wildman–Crippen MR) is 135 cm³/mol. The van der Waals surface area contributed by atoms with E-state index in [0.29, 0.717) is 51.6 Å². The number of ether oxygens (including phenoxy) is 2. The molecule has 3 N–H and O–H groups in total. The molecule has 1 heterocycles. The fraction of sp³-hybridized carbons (Fsp3) is 0.273. The van der Waals surface area contributed by atoms with Gasteiger partial charge in [0.25, 0.3) is 0 Å². The van der Waals surface area contributed by atoms with E-state index < -0.39 is 10.0 Å². The van der Waals surface area contributed by atoms with E-state index in [1.54, 1.807) is 30.3 Å². The number of methoxy groups -OCH3 is 2. The lowest BCUT2D eigenvalue weighted by Crippen LogP contribution is -2.17. The molecular weight excluding hydrogens is 501 g/mol. The fourth-order valence-corrected chi connectivity index (χ4v) is 5.06. The van der Waals surface area contributed by atoms with Crippen molar-refractivity contribution in [3.8, 4) is 11.5 Å². The van der Waals surface area contributed by atoms with Gasteiger partial charge in [-0.3, -0.25) is 4.72 Å². The fourth-order valence-electron chi connectivity index (χ4n) is 3.26. The number of hydrogen-bond acceptors (Lipinski definition) is 8. The van der Waals surface area contributed by atoms with Crippen LogP contribution in [0.4, 0.5) is 28.8 Å². The van der Waals surface area contributed by atoms with E-state index in [9.17, 15) is 8.42 Å². The van der Waals surface area contributed by atoms with E-state index in [-0.39, 0.29) is 11.2 Å². The molecule has 0 spiro atoms. The summed E-state index contributed by atoms with van der Waals surface area (Å²) < 4.78 is 37.6. The van der Waals surface area contributed by atoms with E-state index >= 15 is 0 Å². The van der Waals surface area contributed by atoms with Gasteiger partial charge >= 0.3 is 0 Å². The normalized spacial score (nSPS) is 13.3. The zero-order valence-electron chi connectivity index (χ0n) is 18.6. The topological polar surface area (TPSA) is 114 Å². The van der Waals surface area contributed by atoms with Gasteiger partial charge in [0.15, 0.2) is 17.3 Å². The first-order valence-corrected chi connectivity index (χ1v) is 12.6. The third kappa shape index (κ3) is 5.40. The van der Waals surface area contributed by atoms with Gasteiger partial charge in [-0.2, -0.15) is 4.98 Å². The number of aryl methyl sites for hydroxylation is 1. The summed E-state index contributed by atoms with van der Waals surface area (Å²) in [6, 6.07) is 8.58. The number of nitrogens with zero attached hydrogens (tertiary/aromatic N) is 2. The lowest BCUT2D eigenvalue weighted by Gasteiger charge is -2.15. The maximum absolute atomic E-state index is 12.2. The molecule has 1 aliphatic rings. The molecule has 1 aromatic heterocycles. The predicted octanol–water partition coefficient (Wildman–Crippen LogP) is 5.50. The molecule has 4 rings (SSSR count). The summed E-state index contributed by atoms with van der Waals surface area (Å²) in [5, 5.41) is 6.63. The second-order valence-electron chi connectivity index (χ2n) is 7.71. The third-order valence-electron chi connectivity index (χ3n) is 5.14. The Hall–Kier alpha value is -2.95. The minimum Gasteiger partial charge on any atom is -0.493 e. The van der Waals surface area contributed by atoms with Crippen LogP contribution in [0.15, 0.2) is 36.5 Å². The van der Waals surface area contributed by atoms with Gasteiger partial charge in [-0.05, 0) is 49.6 Å². The summed E-state index contributed by atoms with van der Waals surface area (Å²) in [5.74, 6) is 1.53. The molecule has 34 heavy (non-hydrogen) atoms. The number of aromatic nitrogens is 2. The number of hydrogen-bond donors (Lipinski definition) is 3. The number of benzene rings is 2. The maximum atomic E-state index is 12.2. The summed E-state index contributed by atoms with van der Waals surface area (Å²) in [7, 11) is -0.305. The molecule has 0 saturated heterocycles. The van der Waals surface area contributed by atoms with Crippen LogP contribution in [0.1, 0.15) is 18.4 Å². The van der Waals surface area contributed by atoms with Crippen LogP contribution < -0.4 is 24.8 Å². The van der Waals surface area contributed by atoms with Crippen molar-refractivity contribution >= 4 is 62.1 Å². The summed E-state index contributed by atoms with van der Waals surface area (Å²) in [5.41, 5.74) is 2.64. The van der Waals surface area contributed by atoms with Crippen molar-refractivity contribution in [2.45, 2.75) is 25.0 Å². The van der Waals surface area contributed by atoms with Crippen LogP contribution in [0, 0.1) is 6.92 Å². The molecule has 0 atom stereocenters. The molecule has 0 unspecified atom stereocenters. The van der Waals surface area contributed by atoms with Gasteiger partial charge in [0.2, 0.25) is 16.0 Å². The Labute approximate surface area is 207 Å². The Morgan fingerprint density at radius 2 is 1.76 bits per heavy atom. The molecule has 180 valence electrons. The highest BCUT2D eigenvalue weighted by molar-refractivity contribution is 7.93. The molecule has 12 heteroatoms. The van der Waals surface area contributed by atoms with Crippen LogP contribution in [-0.2, 0) is 10.0 Å². The van der Waals surface area contributed by atoms with E-state index in [2.05, 4.69) is 25.3 Å². The zero-order chi connectivity index (χ0) is 24.5. The maximum Gasteiger partial charge on any atom is 0.235 e. The average molecular weight is 524 g/mol. The molecule has 1 fully saturated rings. The van der Waals surface area contributed by atoms with Crippen molar-refractivity contribution in [2.24, 2.45) is 0 Å². The SMILES string of the molecule is COc1cc(Nc2ncc(Cl)c(Nc3ccc(NS(=O)(=O)C4CC4)cc3C)n2)cc(Cl)c1OC. The summed E-state index contributed by atoms with van der Waals surface area (Å²) in [6.07, 6.45) is 2.87. The van der Waals surface area contributed by atoms with Crippen molar-refractivity contribution in [1.82, 2.24) is 9.97 Å². The van der Waals surface area contributed by atoms with Crippen LogP contribution in [0.3, 0.4) is 0 Å². The van der Waals surface area contributed by atoms with Gasteiger partial charge in [0, 0.05) is 23.1 Å². The monoisotopic (exact) mass is 523 g/mol. The highest BCUT2D eigenvalue weighted by Crippen LogP contribution is 2.38. The molecule has 0 aliphatic heterocycles. The molecule has 9 nitrogen and oxygen atoms in total. The van der Waals surface area contributed by atoms with Crippen molar-refractivity contribution in [2.75, 3.05) is 29.6 Å². The molecular formula is C22H23Cl2N5O4S. The average Bonchev–Trinajstić information content (AvgIpc) is 3.63. The summed E-state index contributed by atoms with van der Waals surface area (Å²) >= 11 is 12.6. The molecule has 1 saturated carbocycles. The van der Waals surface area contributed by atoms with E-state index in [1.807, 2.05) is 6.92 Å². The van der Waals surface area contributed by atoms with Gasteiger partial charge < -0.3 is 20.1 Å². The molecule has 2 aromatic carbocycles. The number of anilines is 5. The summed E-state index contributed by atoms with van der Waals surface area (Å²) in [4.78, 5) is 8.67. The molecule has 1 aliphatic carbocycles. The van der Waals surface area contributed by atoms with Gasteiger partial charge in [0.05, 0.1) is 30.7 Å². The lowest BCUT2D eigenvalue weighted by molar-refractivity contribution is 0.355. The Morgan fingerprint density at radius 3 is 2.41 bits per heavy atom. The van der Waals surface area contributed by atoms with E-state index in [4.69, 9.17) is 32.7 Å². The standard InChI is InChI=1S/C22H23Cl2N5O4S/c1-12-8-13(29-34(30,31)15-5-6-15)4-7-18(12)27-21-17(24)11-25-22(28-21)26-14-9-16(23)20(33-3)19(10-14)32-2/h4,7-11,15,29H,5-6H2,1-3H3,(H2,25,26,27,28). The second kappa shape index (κ2) is 9.73. The first-order valence-electron chi connectivity index (χ1n) is 10.3. The highest BCUT2D eigenvalue weighted by Gasteiger charge is 2.35. The Kier molecular flexibility index (Phi) is 6.92. The number of sulfonamides is 1. The highest BCUT2D eigenvalue weighted by atomic mass is 35.5. The van der Waals surface area contributed by atoms with Crippen molar-refractivity contribution in [3.63, 3.8) is 0 Å². The second-order valence-corrected chi connectivity index (χ2v) is 10.5. The van der Waals surface area contributed by atoms with Crippen LogP contribution in [0.2, 0.25) is 10.0 Å². The lowest BCUT2D eigenvalue weighted by atomic mass is 10.2. The quantitative estimate of drug-likeness (QED) is 0.336. The van der Waals surface area contributed by atoms with E-state index in [0.717, 1.165) is 11.3 Å². The van der Waals surface area contributed by atoms with Crippen LogP contribution in [-0.4, -0.2) is 37.9 Å². The number of rotatable bonds is 9. The van der Waals surface area contributed by atoms with Crippen molar-refractivity contribution in [1.29, 1.82) is 0 Å². The molecule has 0 bridgehead atoms. The van der Waals surface area contributed by atoms with Crippen LogP contribution >= 0.6 is 23.2 Å². The minimum absolute atomic E-state index is 0.279. The Balaban J connectivity index is 1.53.